The van der Waals surface area contributed by atoms with Crippen molar-refractivity contribution in [2.45, 2.75) is 33.1 Å². The summed E-state index contributed by atoms with van der Waals surface area (Å²) in [5.41, 5.74) is 3.44. The van der Waals surface area contributed by atoms with Gasteiger partial charge in [0.25, 0.3) is 0 Å². The van der Waals surface area contributed by atoms with Crippen molar-refractivity contribution in [3.05, 3.63) is 46.8 Å². The molecular formula is C16H21F2N3. The van der Waals surface area contributed by atoms with E-state index in [1.54, 1.807) is 4.68 Å². The summed E-state index contributed by atoms with van der Waals surface area (Å²) in [4.78, 5) is 0. The quantitative estimate of drug-likeness (QED) is 0.887. The second kappa shape index (κ2) is 6.80. The summed E-state index contributed by atoms with van der Waals surface area (Å²) >= 11 is 0. The van der Waals surface area contributed by atoms with Crippen LogP contribution in [0.5, 0.6) is 0 Å². The molecule has 114 valence electrons. The molecule has 0 fully saturated rings. The average Bonchev–Trinajstić information content (AvgIpc) is 2.82. The Balaban J connectivity index is 2.55. The van der Waals surface area contributed by atoms with E-state index in [2.05, 4.69) is 10.4 Å². The molecule has 0 bridgehead atoms. The topological polar surface area (TPSA) is 29.9 Å². The van der Waals surface area contributed by atoms with Gasteiger partial charge in [-0.25, -0.2) is 13.5 Å². The molecule has 0 aliphatic carbocycles. The summed E-state index contributed by atoms with van der Waals surface area (Å²) in [6.07, 6.45) is 2.40. The van der Waals surface area contributed by atoms with Crippen molar-refractivity contribution in [1.82, 2.24) is 15.1 Å². The first-order chi connectivity index (χ1) is 10.1. The lowest BCUT2D eigenvalue weighted by atomic mass is 10.1. The van der Waals surface area contributed by atoms with Gasteiger partial charge in [0.2, 0.25) is 0 Å². The molecular weight excluding hydrogens is 272 g/mol. The van der Waals surface area contributed by atoms with Crippen molar-refractivity contribution in [3.63, 3.8) is 0 Å². The summed E-state index contributed by atoms with van der Waals surface area (Å²) in [5.74, 6) is -1.16. The van der Waals surface area contributed by atoms with Gasteiger partial charge in [0.1, 0.15) is 11.5 Å². The predicted octanol–water partition coefficient (Wildman–Crippen LogP) is 3.04. The third-order valence-electron chi connectivity index (χ3n) is 3.61. The summed E-state index contributed by atoms with van der Waals surface area (Å²) in [6.45, 7) is 4.91. The molecule has 0 unspecified atom stereocenters. The monoisotopic (exact) mass is 293 g/mol. The normalized spacial score (nSPS) is 11.1. The molecule has 21 heavy (non-hydrogen) atoms. The minimum atomic E-state index is -0.588. The van der Waals surface area contributed by atoms with Crippen molar-refractivity contribution in [1.29, 1.82) is 0 Å². The number of likely N-dealkylation sites (N-methyl/N-ethyl adjacent to an activating group) is 1. The largest absolute Gasteiger partial charge is 0.319 e. The van der Waals surface area contributed by atoms with Crippen LogP contribution in [0, 0.1) is 11.6 Å². The number of aryl methyl sites for hydroxylation is 1. The average molecular weight is 293 g/mol. The first-order valence-electron chi connectivity index (χ1n) is 7.32. The number of benzene rings is 1. The maximum Gasteiger partial charge on any atom is 0.151 e. The molecule has 0 saturated heterocycles. The van der Waals surface area contributed by atoms with Gasteiger partial charge in [0, 0.05) is 11.8 Å². The van der Waals surface area contributed by atoms with Gasteiger partial charge < -0.3 is 5.32 Å². The zero-order valence-electron chi connectivity index (χ0n) is 12.7. The highest BCUT2D eigenvalue weighted by Gasteiger charge is 2.18. The Labute approximate surface area is 124 Å². The Morgan fingerprint density at radius 3 is 2.52 bits per heavy atom. The summed E-state index contributed by atoms with van der Waals surface area (Å²) < 4.78 is 28.7. The number of hydrogen-bond acceptors (Lipinski definition) is 2. The second-order valence-electron chi connectivity index (χ2n) is 4.94. The Hall–Kier alpha value is -1.75. The van der Waals surface area contributed by atoms with Crippen LogP contribution in [-0.2, 0) is 19.3 Å². The smallest absolute Gasteiger partial charge is 0.151 e. The molecule has 1 N–H and O–H groups in total. The summed E-state index contributed by atoms with van der Waals surface area (Å²) in [7, 11) is 1.90. The first kappa shape index (κ1) is 15.6. The Morgan fingerprint density at radius 2 is 1.95 bits per heavy atom. The van der Waals surface area contributed by atoms with Gasteiger partial charge >= 0.3 is 0 Å². The molecule has 0 saturated carbocycles. The van der Waals surface area contributed by atoms with E-state index in [-0.39, 0.29) is 0 Å². The molecule has 0 aliphatic heterocycles. The van der Waals surface area contributed by atoms with Crippen LogP contribution in [0.1, 0.15) is 30.8 Å². The van der Waals surface area contributed by atoms with Gasteiger partial charge in [-0.15, -0.1) is 0 Å². The predicted molar refractivity (Wildman–Crippen MR) is 79.9 cm³/mol. The van der Waals surface area contributed by atoms with E-state index >= 15 is 0 Å². The van der Waals surface area contributed by atoms with Crippen molar-refractivity contribution >= 4 is 0 Å². The van der Waals surface area contributed by atoms with Crippen molar-refractivity contribution < 1.29 is 8.78 Å². The summed E-state index contributed by atoms with van der Waals surface area (Å²) in [5, 5.41) is 7.67. The molecule has 0 spiro atoms. The van der Waals surface area contributed by atoms with Crippen LogP contribution in [0.3, 0.4) is 0 Å². The van der Waals surface area contributed by atoms with E-state index in [1.165, 1.54) is 12.1 Å². The van der Waals surface area contributed by atoms with Gasteiger partial charge in [0.05, 0.1) is 5.69 Å². The fraction of sp³-hybridized carbons (Fsp3) is 0.438. The van der Waals surface area contributed by atoms with Crippen LogP contribution in [-0.4, -0.2) is 23.4 Å². The molecule has 1 aromatic carbocycles. The number of hydrogen-bond donors (Lipinski definition) is 1. The lowest BCUT2D eigenvalue weighted by molar-refractivity contribution is 0.571. The van der Waals surface area contributed by atoms with Gasteiger partial charge in [0.15, 0.2) is 5.82 Å². The Kier molecular flexibility index (Phi) is 5.07. The zero-order chi connectivity index (χ0) is 15.4. The van der Waals surface area contributed by atoms with E-state index in [9.17, 15) is 8.78 Å². The lowest BCUT2D eigenvalue weighted by Gasteiger charge is -2.09. The molecule has 0 atom stereocenters. The molecule has 1 heterocycles. The molecule has 0 aliphatic rings. The van der Waals surface area contributed by atoms with Gasteiger partial charge in [-0.2, -0.15) is 5.10 Å². The highest BCUT2D eigenvalue weighted by Crippen LogP contribution is 2.23. The first-order valence-corrected chi connectivity index (χ1v) is 7.32. The molecule has 0 amide bonds. The third-order valence-corrected chi connectivity index (χ3v) is 3.61. The van der Waals surface area contributed by atoms with E-state index < -0.39 is 11.6 Å². The van der Waals surface area contributed by atoms with Crippen LogP contribution in [0.4, 0.5) is 8.78 Å². The SMILES string of the molecule is CCc1nn(-c2ccc(F)cc2F)c(CC)c1CCNC. The van der Waals surface area contributed by atoms with Crippen LogP contribution in [0.25, 0.3) is 5.69 Å². The van der Waals surface area contributed by atoms with Gasteiger partial charge in [-0.1, -0.05) is 13.8 Å². The number of nitrogens with one attached hydrogen (secondary N) is 1. The van der Waals surface area contributed by atoms with Crippen LogP contribution in [0.15, 0.2) is 18.2 Å². The Morgan fingerprint density at radius 1 is 1.19 bits per heavy atom. The fourth-order valence-corrected chi connectivity index (χ4v) is 2.57. The van der Waals surface area contributed by atoms with E-state index in [1.807, 2.05) is 20.9 Å². The highest BCUT2D eigenvalue weighted by molar-refractivity contribution is 5.39. The molecule has 3 nitrogen and oxygen atoms in total. The van der Waals surface area contributed by atoms with Crippen molar-refractivity contribution in [2.24, 2.45) is 0 Å². The number of rotatable bonds is 6. The molecule has 5 heteroatoms. The minimum Gasteiger partial charge on any atom is -0.319 e. The van der Waals surface area contributed by atoms with E-state index in [0.29, 0.717) is 5.69 Å². The standard InChI is InChI=1S/C16H21F2N3/c1-4-14-12(8-9-19-3)15(5-2)21(20-14)16-7-6-11(17)10-13(16)18/h6-7,10,19H,4-5,8-9H2,1-3H3. The number of halogens is 2. The second-order valence-corrected chi connectivity index (χ2v) is 4.94. The van der Waals surface area contributed by atoms with E-state index in [0.717, 1.165) is 48.8 Å². The fourth-order valence-electron chi connectivity index (χ4n) is 2.57. The highest BCUT2D eigenvalue weighted by atomic mass is 19.1. The van der Waals surface area contributed by atoms with Crippen molar-refractivity contribution in [2.75, 3.05) is 13.6 Å². The van der Waals surface area contributed by atoms with Crippen LogP contribution >= 0.6 is 0 Å². The Bertz CT molecular complexity index is 620. The molecule has 1 aromatic heterocycles. The third kappa shape index (κ3) is 3.13. The maximum atomic E-state index is 14.0. The van der Waals surface area contributed by atoms with Crippen LogP contribution < -0.4 is 5.32 Å². The molecule has 2 rings (SSSR count). The van der Waals surface area contributed by atoms with Gasteiger partial charge in [-0.3, -0.25) is 0 Å². The molecule has 2 aromatic rings. The number of nitrogens with zero attached hydrogens (tertiary/aromatic N) is 2. The lowest BCUT2D eigenvalue weighted by Crippen LogP contribution is -2.12. The van der Waals surface area contributed by atoms with Crippen molar-refractivity contribution in [3.8, 4) is 5.69 Å². The number of aromatic nitrogens is 2. The van der Waals surface area contributed by atoms with E-state index in [4.69, 9.17) is 0 Å². The van der Waals surface area contributed by atoms with Gasteiger partial charge in [-0.05, 0) is 50.6 Å². The minimum absolute atomic E-state index is 0.304. The molecule has 0 radical (unpaired) electrons. The maximum absolute atomic E-state index is 14.0. The zero-order valence-corrected chi connectivity index (χ0v) is 12.7. The van der Waals surface area contributed by atoms with Crippen LogP contribution in [0.2, 0.25) is 0 Å². The summed E-state index contributed by atoms with van der Waals surface area (Å²) in [6, 6.07) is 3.60.